The molecule has 2 heterocycles. The highest BCUT2D eigenvalue weighted by Crippen LogP contribution is 2.42. The second kappa shape index (κ2) is 3.94. The average molecular weight is 259 g/mol. The first kappa shape index (κ1) is 11.2. The van der Waals surface area contributed by atoms with Crippen LogP contribution in [0, 0.1) is 16.7 Å². The highest BCUT2D eigenvalue weighted by atomic mass is 15.0. The van der Waals surface area contributed by atoms with Gasteiger partial charge in [-0.05, 0) is 23.3 Å². The summed E-state index contributed by atoms with van der Waals surface area (Å²) in [6.45, 7) is 0. The Morgan fingerprint density at radius 1 is 1.00 bits per heavy atom. The van der Waals surface area contributed by atoms with Crippen LogP contribution in [0.2, 0.25) is 0 Å². The van der Waals surface area contributed by atoms with Crippen LogP contribution in [0.5, 0.6) is 0 Å². The van der Waals surface area contributed by atoms with E-state index in [-0.39, 0.29) is 0 Å². The van der Waals surface area contributed by atoms with Crippen LogP contribution in [-0.2, 0) is 12.8 Å². The molecule has 0 aromatic heterocycles. The number of anilines is 1. The molecular formula is C17H13N3. The predicted octanol–water partition coefficient (Wildman–Crippen LogP) is 3.45. The summed E-state index contributed by atoms with van der Waals surface area (Å²) in [4.78, 5) is 4.69. The molecule has 4 rings (SSSR count). The summed E-state index contributed by atoms with van der Waals surface area (Å²) in [6, 6.07) is 18.7. The van der Waals surface area contributed by atoms with Crippen molar-refractivity contribution in [1.82, 2.24) is 0 Å². The van der Waals surface area contributed by atoms with Crippen LogP contribution in [0.15, 0.2) is 53.5 Å². The van der Waals surface area contributed by atoms with Crippen molar-refractivity contribution in [2.45, 2.75) is 12.8 Å². The van der Waals surface area contributed by atoms with E-state index in [2.05, 4.69) is 23.5 Å². The third-order valence-electron chi connectivity index (χ3n) is 4.15. The molecule has 0 radical (unpaired) electrons. The topological polar surface area (TPSA) is 48.2 Å². The highest BCUT2D eigenvalue weighted by molar-refractivity contribution is 6.06. The van der Waals surface area contributed by atoms with Gasteiger partial charge in [0.25, 0.3) is 0 Å². The fourth-order valence-corrected chi connectivity index (χ4v) is 3.08. The molecule has 0 saturated carbocycles. The van der Waals surface area contributed by atoms with Crippen LogP contribution in [-0.4, -0.2) is 5.84 Å². The van der Waals surface area contributed by atoms with Crippen molar-refractivity contribution in [3.8, 4) is 6.07 Å². The minimum Gasteiger partial charge on any atom is -0.342 e. The summed E-state index contributed by atoms with van der Waals surface area (Å²) in [7, 11) is 0. The quantitative estimate of drug-likeness (QED) is 0.787. The van der Waals surface area contributed by atoms with E-state index in [4.69, 9.17) is 4.99 Å². The smallest absolute Gasteiger partial charge is 0.128 e. The average Bonchev–Trinajstić information content (AvgIpc) is 2.50. The fraction of sp³-hybridized carbons (Fsp3) is 0.176. The number of nitriles is 1. The van der Waals surface area contributed by atoms with Crippen molar-refractivity contribution < 1.29 is 0 Å². The van der Waals surface area contributed by atoms with Crippen LogP contribution >= 0.6 is 0 Å². The summed E-state index contributed by atoms with van der Waals surface area (Å²) in [6.07, 6.45) is 1.44. The van der Waals surface area contributed by atoms with E-state index in [1.165, 1.54) is 5.56 Å². The lowest BCUT2D eigenvalue weighted by Gasteiger charge is -2.37. The Kier molecular flexibility index (Phi) is 2.22. The Bertz CT molecular complexity index is 770. The Morgan fingerprint density at radius 3 is 2.55 bits per heavy atom. The van der Waals surface area contributed by atoms with E-state index in [1.807, 2.05) is 36.4 Å². The van der Waals surface area contributed by atoms with E-state index >= 15 is 0 Å². The zero-order valence-corrected chi connectivity index (χ0v) is 10.9. The van der Waals surface area contributed by atoms with Gasteiger partial charge in [0.15, 0.2) is 0 Å². The third kappa shape index (κ3) is 1.48. The fourth-order valence-electron chi connectivity index (χ4n) is 3.08. The first-order chi connectivity index (χ1) is 9.81. The van der Waals surface area contributed by atoms with Gasteiger partial charge in [-0.1, -0.05) is 36.4 Å². The summed E-state index contributed by atoms with van der Waals surface area (Å²) in [5, 5.41) is 13.1. The van der Waals surface area contributed by atoms with Crippen LogP contribution in [0.25, 0.3) is 0 Å². The Hall–Kier alpha value is -2.60. The number of amidine groups is 1. The molecule has 0 aliphatic carbocycles. The summed E-state index contributed by atoms with van der Waals surface area (Å²) in [5.74, 6) is 0.789. The van der Waals surface area contributed by atoms with Gasteiger partial charge in [0.1, 0.15) is 11.3 Å². The molecule has 2 aromatic rings. The van der Waals surface area contributed by atoms with Crippen molar-refractivity contribution in [3.63, 3.8) is 0 Å². The van der Waals surface area contributed by atoms with Gasteiger partial charge in [-0.2, -0.15) is 5.26 Å². The molecule has 3 heteroatoms. The van der Waals surface area contributed by atoms with Crippen LogP contribution in [0.3, 0.4) is 0 Å². The van der Waals surface area contributed by atoms with Crippen LogP contribution in [0.1, 0.15) is 11.1 Å². The summed E-state index contributed by atoms with van der Waals surface area (Å²) >= 11 is 0. The Labute approximate surface area is 117 Å². The molecular weight excluding hydrogens is 246 g/mol. The largest absolute Gasteiger partial charge is 0.342 e. The highest BCUT2D eigenvalue weighted by Gasteiger charge is 2.43. The van der Waals surface area contributed by atoms with Gasteiger partial charge >= 0.3 is 0 Å². The van der Waals surface area contributed by atoms with Gasteiger partial charge in [-0.3, -0.25) is 0 Å². The molecule has 0 spiro atoms. The number of hydrogen-bond acceptors (Lipinski definition) is 3. The molecule has 2 aliphatic rings. The lowest BCUT2D eigenvalue weighted by atomic mass is 9.72. The zero-order valence-electron chi connectivity index (χ0n) is 10.9. The molecule has 0 saturated heterocycles. The third-order valence-corrected chi connectivity index (χ3v) is 4.15. The van der Waals surface area contributed by atoms with Crippen molar-refractivity contribution in [2.75, 3.05) is 5.32 Å². The molecule has 96 valence electrons. The van der Waals surface area contributed by atoms with E-state index in [1.54, 1.807) is 0 Å². The van der Waals surface area contributed by atoms with Gasteiger partial charge in [0.05, 0.1) is 11.8 Å². The molecule has 0 fully saturated rings. The number of fused-ring (bicyclic) bond motifs is 3. The number of benzene rings is 2. The van der Waals surface area contributed by atoms with Crippen LogP contribution < -0.4 is 5.32 Å². The standard InChI is InChI=1S/C17H13N3/c18-11-17-9-12-5-1-3-7-14(12)19-16(17)20-15-8-4-2-6-13(15)10-17/h1-8H,9-10H2,(H,19,20). The van der Waals surface area contributed by atoms with E-state index < -0.39 is 5.41 Å². The van der Waals surface area contributed by atoms with E-state index in [0.29, 0.717) is 0 Å². The Morgan fingerprint density at radius 2 is 1.70 bits per heavy atom. The molecule has 3 nitrogen and oxygen atoms in total. The summed E-state index contributed by atoms with van der Waals surface area (Å²) in [5.41, 5.74) is 3.83. The van der Waals surface area contributed by atoms with E-state index in [0.717, 1.165) is 35.6 Å². The monoisotopic (exact) mass is 259 g/mol. The minimum atomic E-state index is -0.553. The number of aliphatic imine (C=N–C) groups is 1. The number of nitrogens with zero attached hydrogens (tertiary/aromatic N) is 2. The van der Waals surface area contributed by atoms with Gasteiger partial charge in [0, 0.05) is 18.5 Å². The van der Waals surface area contributed by atoms with Crippen molar-refractivity contribution >= 4 is 17.2 Å². The lowest BCUT2D eigenvalue weighted by molar-refractivity contribution is 0.526. The number of para-hydroxylation sites is 2. The molecule has 0 amide bonds. The van der Waals surface area contributed by atoms with Crippen molar-refractivity contribution in [2.24, 2.45) is 10.4 Å². The van der Waals surface area contributed by atoms with E-state index in [9.17, 15) is 5.26 Å². The second-order valence-electron chi connectivity index (χ2n) is 5.42. The maximum absolute atomic E-state index is 9.76. The molecule has 2 aromatic carbocycles. The maximum Gasteiger partial charge on any atom is 0.128 e. The number of hydrogen-bond donors (Lipinski definition) is 1. The number of nitrogens with one attached hydrogen (secondary N) is 1. The molecule has 20 heavy (non-hydrogen) atoms. The SMILES string of the molecule is N#CC12Cc3ccccc3N=C1Nc1ccccc1C2. The Balaban J connectivity index is 1.90. The van der Waals surface area contributed by atoms with Gasteiger partial charge in [-0.25, -0.2) is 4.99 Å². The molecule has 1 atom stereocenters. The first-order valence-electron chi connectivity index (χ1n) is 6.74. The normalized spacial score (nSPS) is 22.4. The lowest BCUT2D eigenvalue weighted by Crippen LogP contribution is -2.44. The van der Waals surface area contributed by atoms with Crippen molar-refractivity contribution in [1.29, 1.82) is 5.26 Å². The molecule has 1 N–H and O–H groups in total. The molecule has 2 aliphatic heterocycles. The van der Waals surface area contributed by atoms with Crippen molar-refractivity contribution in [3.05, 3.63) is 59.7 Å². The molecule has 1 unspecified atom stereocenters. The number of rotatable bonds is 0. The van der Waals surface area contributed by atoms with Gasteiger partial charge in [0.2, 0.25) is 0 Å². The molecule has 0 bridgehead atoms. The second-order valence-corrected chi connectivity index (χ2v) is 5.42. The minimum absolute atomic E-state index is 0.553. The maximum atomic E-state index is 9.76. The zero-order chi connectivity index (χ0) is 13.6. The summed E-state index contributed by atoms with van der Waals surface area (Å²) < 4.78 is 0. The first-order valence-corrected chi connectivity index (χ1v) is 6.74. The van der Waals surface area contributed by atoms with Crippen LogP contribution in [0.4, 0.5) is 11.4 Å². The van der Waals surface area contributed by atoms with Gasteiger partial charge < -0.3 is 5.32 Å². The van der Waals surface area contributed by atoms with Gasteiger partial charge in [-0.15, -0.1) is 0 Å². The predicted molar refractivity (Wildman–Crippen MR) is 79.1 cm³/mol.